The number of rotatable bonds is 7. The van der Waals surface area contributed by atoms with Crippen LogP contribution in [0.5, 0.6) is 0 Å². The van der Waals surface area contributed by atoms with Crippen LogP contribution < -0.4 is 5.32 Å². The lowest BCUT2D eigenvalue weighted by Gasteiger charge is -2.30. The summed E-state index contributed by atoms with van der Waals surface area (Å²) in [5.74, 6) is -1.25. The van der Waals surface area contributed by atoms with Gasteiger partial charge in [-0.3, -0.25) is 9.59 Å². The zero-order chi connectivity index (χ0) is 20.0. The molecular weight excluding hydrogens is 390 g/mol. The largest absolute Gasteiger partial charge is 0.357 e. The predicted octanol–water partition coefficient (Wildman–Crippen LogP) is 4.23. The van der Waals surface area contributed by atoms with E-state index in [0.29, 0.717) is 17.0 Å². The summed E-state index contributed by atoms with van der Waals surface area (Å²) in [4.78, 5) is 26.8. The Balaban J connectivity index is 2.37. The fraction of sp³-hybridized carbons (Fsp3) is 0.300. The number of halogens is 3. The fourth-order valence-electron chi connectivity index (χ4n) is 2.85. The number of hydrogen-bond acceptors (Lipinski definition) is 2. The van der Waals surface area contributed by atoms with Gasteiger partial charge in [0.15, 0.2) is 0 Å². The van der Waals surface area contributed by atoms with Crippen molar-refractivity contribution in [2.24, 2.45) is 0 Å². The second-order valence-corrected chi connectivity index (χ2v) is 6.84. The average Bonchev–Trinajstić information content (AvgIpc) is 2.65. The summed E-state index contributed by atoms with van der Waals surface area (Å²) >= 11 is 12.3. The molecule has 1 atom stereocenters. The van der Waals surface area contributed by atoms with Gasteiger partial charge in [0.2, 0.25) is 11.8 Å². The molecule has 2 aromatic carbocycles. The highest BCUT2D eigenvalue weighted by atomic mass is 35.5. The van der Waals surface area contributed by atoms with Crippen LogP contribution in [-0.2, 0) is 22.6 Å². The van der Waals surface area contributed by atoms with Gasteiger partial charge < -0.3 is 10.2 Å². The number of amides is 2. The molecule has 0 saturated heterocycles. The molecule has 0 radical (unpaired) electrons. The van der Waals surface area contributed by atoms with Crippen LogP contribution in [0.15, 0.2) is 42.5 Å². The van der Waals surface area contributed by atoms with Crippen molar-refractivity contribution in [2.75, 3.05) is 7.05 Å². The Labute approximate surface area is 168 Å². The third-order valence-corrected chi connectivity index (χ3v) is 5.04. The van der Waals surface area contributed by atoms with E-state index in [-0.39, 0.29) is 29.5 Å². The number of benzene rings is 2. The highest BCUT2D eigenvalue weighted by Crippen LogP contribution is 2.23. The third kappa shape index (κ3) is 5.21. The van der Waals surface area contributed by atoms with Gasteiger partial charge in [0, 0.05) is 29.2 Å². The smallest absolute Gasteiger partial charge is 0.242 e. The Bertz CT molecular complexity index is 809. The first kappa shape index (κ1) is 21.2. The van der Waals surface area contributed by atoms with E-state index in [9.17, 15) is 14.0 Å². The Hall–Kier alpha value is -2.11. The van der Waals surface area contributed by atoms with Crippen LogP contribution in [0.1, 0.15) is 24.5 Å². The van der Waals surface area contributed by atoms with E-state index < -0.39 is 17.8 Å². The molecule has 2 amide bonds. The summed E-state index contributed by atoms with van der Waals surface area (Å²) in [6.07, 6.45) is 0.157. The quantitative estimate of drug-likeness (QED) is 0.742. The van der Waals surface area contributed by atoms with Crippen LogP contribution >= 0.6 is 23.2 Å². The molecule has 1 N–H and O–H groups in total. The van der Waals surface area contributed by atoms with Crippen molar-refractivity contribution in [3.63, 3.8) is 0 Å². The minimum Gasteiger partial charge on any atom is -0.357 e. The van der Waals surface area contributed by atoms with E-state index >= 15 is 0 Å². The molecule has 0 aromatic heterocycles. The predicted molar refractivity (Wildman–Crippen MR) is 105 cm³/mol. The van der Waals surface area contributed by atoms with Gasteiger partial charge in [-0.25, -0.2) is 4.39 Å². The molecule has 0 saturated carbocycles. The third-order valence-electron chi connectivity index (χ3n) is 4.32. The van der Waals surface area contributed by atoms with Gasteiger partial charge in [-0.1, -0.05) is 54.4 Å². The van der Waals surface area contributed by atoms with Crippen molar-refractivity contribution in [3.8, 4) is 0 Å². The monoisotopic (exact) mass is 410 g/mol. The lowest BCUT2D eigenvalue weighted by Crippen LogP contribution is -2.48. The van der Waals surface area contributed by atoms with Crippen LogP contribution in [0.25, 0.3) is 0 Å². The van der Waals surface area contributed by atoms with E-state index in [4.69, 9.17) is 23.2 Å². The summed E-state index contributed by atoms with van der Waals surface area (Å²) < 4.78 is 14.1. The van der Waals surface area contributed by atoms with E-state index in [2.05, 4.69) is 5.32 Å². The summed E-state index contributed by atoms with van der Waals surface area (Å²) in [6, 6.07) is 10.6. The number of nitrogens with one attached hydrogen (secondary N) is 1. The molecule has 0 bridgehead atoms. The second-order valence-electron chi connectivity index (χ2n) is 6.03. The molecule has 0 aliphatic rings. The van der Waals surface area contributed by atoms with Crippen LogP contribution in [0.2, 0.25) is 10.0 Å². The van der Waals surface area contributed by atoms with E-state index in [0.717, 1.165) is 0 Å². The van der Waals surface area contributed by atoms with E-state index in [1.807, 2.05) is 6.92 Å². The van der Waals surface area contributed by atoms with Crippen LogP contribution in [-0.4, -0.2) is 29.8 Å². The maximum atomic E-state index is 14.1. The first-order valence-corrected chi connectivity index (χ1v) is 9.32. The molecule has 144 valence electrons. The van der Waals surface area contributed by atoms with Crippen LogP contribution in [0, 0.1) is 5.82 Å². The number of likely N-dealkylation sites (N-methyl/N-ethyl adjacent to an activating group) is 1. The highest BCUT2D eigenvalue weighted by Gasteiger charge is 2.29. The molecule has 4 nitrogen and oxygen atoms in total. The maximum Gasteiger partial charge on any atom is 0.242 e. The summed E-state index contributed by atoms with van der Waals surface area (Å²) in [7, 11) is 1.51. The van der Waals surface area contributed by atoms with Crippen molar-refractivity contribution in [1.82, 2.24) is 10.2 Å². The van der Waals surface area contributed by atoms with Crippen molar-refractivity contribution in [1.29, 1.82) is 0 Å². The van der Waals surface area contributed by atoms with Gasteiger partial charge in [0.1, 0.15) is 11.9 Å². The maximum absolute atomic E-state index is 14.1. The minimum absolute atomic E-state index is 0.111. The van der Waals surface area contributed by atoms with Gasteiger partial charge in [-0.05, 0) is 30.2 Å². The average molecular weight is 411 g/mol. The molecule has 0 unspecified atom stereocenters. The molecule has 2 aromatic rings. The molecule has 0 heterocycles. The first-order chi connectivity index (χ1) is 12.9. The fourth-order valence-corrected chi connectivity index (χ4v) is 3.28. The SMILES string of the molecule is CC[C@@H](C(=O)NC)N(Cc1ccccc1Cl)C(=O)Cc1c(F)cccc1Cl. The number of nitrogens with zero attached hydrogens (tertiary/aromatic N) is 1. The lowest BCUT2D eigenvalue weighted by molar-refractivity contribution is -0.140. The zero-order valence-corrected chi connectivity index (χ0v) is 16.6. The molecule has 0 spiro atoms. The van der Waals surface area contributed by atoms with E-state index in [1.165, 1.54) is 30.1 Å². The molecule has 2 rings (SSSR count). The standard InChI is InChI=1S/C20H21Cl2FN2O2/c1-3-18(20(27)24-2)25(12-13-7-4-5-8-15(13)21)19(26)11-14-16(22)9-6-10-17(14)23/h4-10,18H,3,11-12H2,1-2H3,(H,24,27)/t18-/m0/s1. The first-order valence-electron chi connectivity index (χ1n) is 8.56. The van der Waals surface area contributed by atoms with Gasteiger partial charge in [-0.2, -0.15) is 0 Å². The topological polar surface area (TPSA) is 49.4 Å². The lowest BCUT2D eigenvalue weighted by atomic mass is 10.1. The Kier molecular flexibility index (Phi) is 7.63. The van der Waals surface area contributed by atoms with E-state index in [1.54, 1.807) is 24.3 Å². The summed E-state index contributed by atoms with van der Waals surface area (Å²) in [5.41, 5.74) is 0.814. The molecule has 0 aliphatic carbocycles. The minimum atomic E-state index is -0.704. The summed E-state index contributed by atoms with van der Waals surface area (Å²) in [6.45, 7) is 1.94. The molecule has 27 heavy (non-hydrogen) atoms. The molecular formula is C20H21Cl2FN2O2. The van der Waals surface area contributed by atoms with Gasteiger partial charge in [-0.15, -0.1) is 0 Å². The van der Waals surface area contributed by atoms with Gasteiger partial charge in [0.25, 0.3) is 0 Å². The normalized spacial score (nSPS) is 11.7. The molecule has 7 heteroatoms. The number of hydrogen-bond donors (Lipinski definition) is 1. The van der Waals surface area contributed by atoms with Crippen LogP contribution in [0.3, 0.4) is 0 Å². The molecule has 0 aliphatic heterocycles. The molecule has 0 fully saturated rings. The Morgan fingerprint density at radius 1 is 1.11 bits per heavy atom. The van der Waals surface area contributed by atoms with Crippen molar-refractivity contribution in [2.45, 2.75) is 32.4 Å². The zero-order valence-electron chi connectivity index (χ0n) is 15.1. The Morgan fingerprint density at radius 3 is 2.37 bits per heavy atom. The van der Waals surface area contributed by atoms with Gasteiger partial charge >= 0.3 is 0 Å². The second kappa shape index (κ2) is 9.72. The summed E-state index contributed by atoms with van der Waals surface area (Å²) in [5, 5.41) is 3.24. The number of carbonyl (C=O) groups is 2. The van der Waals surface area contributed by atoms with Crippen molar-refractivity contribution >= 4 is 35.0 Å². The van der Waals surface area contributed by atoms with Crippen molar-refractivity contribution in [3.05, 3.63) is 69.5 Å². The Morgan fingerprint density at radius 2 is 1.78 bits per heavy atom. The number of carbonyl (C=O) groups excluding carboxylic acids is 2. The van der Waals surface area contributed by atoms with Crippen LogP contribution in [0.4, 0.5) is 4.39 Å². The highest BCUT2D eigenvalue weighted by molar-refractivity contribution is 6.31. The van der Waals surface area contributed by atoms with Gasteiger partial charge in [0.05, 0.1) is 6.42 Å². The van der Waals surface area contributed by atoms with Crippen molar-refractivity contribution < 1.29 is 14.0 Å².